The first-order valence-corrected chi connectivity index (χ1v) is 10.8. The van der Waals surface area contributed by atoms with E-state index in [0.29, 0.717) is 5.92 Å². The number of para-hydroxylation sites is 1. The first-order valence-electron chi connectivity index (χ1n) is 9.93. The van der Waals surface area contributed by atoms with Gasteiger partial charge < -0.3 is 9.47 Å². The van der Waals surface area contributed by atoms with Gasteiger partial charge in [-0.05, 0) is 53.8 Å². The molecule has 0 fully saturated rings. The lowest BCUT2D eigenvalue weighted by Crippen LogP contribution is -2.27. The second-order valence-electron chi connectivity index (χ2n) is 7.42. The van der Waals surface area contributed by atoms with Crippen molar-refractivity contribution >= 4 is 23.2 Å². The van der Waals surface area contributed by atoms with E-state index in [-0.39, 0.29) is 5.25 Å². The van der Waals surface area contributed by atoms with Crippen LogP contribution in [0.15, 0.2) is 76.6 Å². The maximum absolute atomic E-state index is 5.60. The highest BCUT2D eigenvalue weighted by Crippen LogP contribution is 2.51. The Hall–Kier alpha value is -2.72. The molecule has 0 saturated heterocycles. The largest absolute Gasteiger partial charge is 0.493 e. The van der Waals surface area contributed by atoms with Gasteiger partial charge in [-0.25, -0.2) is 0 Å². The van der Waals surface area contributed by atoms with Crippen LogP contribution in [0.3, 0.4) is 0 Å². The predicted molar refractivity (Wildman–Crippen MR) is 119 cm³/mol. The number of rotatable bonds is 3. The van der Waals surface area contributed by atoms with E-state index in [1.54, 1.807) is 14.2 Å². The molecule has 2 aliphatic rings. The Morgan fingerprint density at radius 3 is 2.55 bits per heavy atom. The Morgan fingerprint density at radius 1 is 0.897 bits per heavy atom. The van der Waals surface area contributed by atoms with E-state index < -0.39 is 0 Å². The van der Waals surface area contributed by atoms with Gasteiger partial charge in [0.05, 0.1) is 25.6 Å². The molecule has 1 heterocycles. The molecule has 3 aromatic carbocycles. The predicted octanol–water partition coefficient (Wildman–Crippen LogP) is 6.23. The monoisotopic (exact) mass is 401 g/mol. The third-order valence-corrected chi connectivity index (χ3v) is 7.28. The molecule has 0 unspecified atom stereocenters. The van der Waals surface area contributed by atoms with Crippen LogP contribution in [-0.2, 0) is 6.42 Å². The molecule has 0 saturated carbocycles. The summed E-state index contributed by atoms with van der Waals surface area (Å²) in [5, 5.41) is 0.269. The van der Waals surface area contributed by atoms with Crippen LogP contribution in [0.25, 0.3) is 0 Å². The number of nitrogens with zero attached hydrogens (tertiary/aromatic N) is 1. The highest BCUT2D eigenvalue weighted by Gasteiger charge is 2.36. The topological polar surface area (TPSA) is 30.8 Å². The van der Waals surface area contributed by atoms with Crippen molar-refractivity contribution in [3.05, 3.63) is 83.4 Å². The first-order chi connectivity index (χ1) is 14.3. The Labute approximate surface area is 175 Å². The zero-order valence-electron chi connectivity index (χ0n) is 16.6. The zero-order chi connectivity index (χ0) is 19.8. The van der Waals surface area contributed by atoms with Crippen LogP contribution in [0, 0.1) is 5.92 Å². The molecule has 0 amide bonds. The van der Waals surface area contributed by atoms with Crippen molar-refractivity contribution in [3.8, 4) is 11.5 Å². The number of aryl methyl sites for hydroxylation is 1. The van der Waals surface area contributed by atoms with Crippen molar-refractivity contribution in [2.75, 3.05) is 14.2 Å². The quantitative estimate of drug-likeness (QED) is 0.521. The molecule has 1 aliphatic heterocycles. The molecular weight excluding hydrogens is 378 g/mol. The fraction of sp³-hybridized carbons (Fsp3) is 0.240. The third-order valence-electron chi connectivity index (χ3n) is 5.83. The van der Waals surface area contributed by atoms with E-state index in [2.05, 4.69) is 60.7 Å². The smallest absolute Gasteiger partial charge is 0.161 e. The molecular formula is C25H23NO2S. The van der Waals surface area contributed by atoms with Crippen LogP contribution in [0.5, 0.6) is 11.5 Å². The lowest BCUT2D eigenvalue weighted by molar-refractivity contribution is 0.354. The maximum Gasteiger partial charge on any atom is 0.161 e. The van der Waals surface area contributed by atoms with Gasteiger partial charge >= 0.3 is 0 Å². The summed E-state index contributed by atoms with van der Waals surface area (Å²) >= 11 is 1.91. The van der Waals surface area contributed by atoms with Gasteiger partial charge in [-0.2, -0.15) is 0 Å². The second-order valence-corrected chi connectivity index (χ2v) is 8.60. The third kappa shape index (κ3) is 3.22. The molecule has 3 nitrogen and oxygen atoms in total. The molecule has 0 aromatic heterocycles. The summed E-state index contributed by atoms with van der Waals surface area (Å²) in [6.07, 6.45) is 2.18. The van der Waals surface area contributed by atoms with Crippen LogP contribution < -0.4 is 9.47 Å². The molecule has 0 radical (unpaired) electrons. The van der Waals surface area contributed by atoms with Gasteiger partial charge in [0.15, 0.2) is 11.5 Å². The minimum atomic E-state index is 0.269. The average molecular weight is 402 g/mol. The van der Waals surface area contributed by atoms with Crippen LogP contribution in [0.2, 0.25) is 0 Å². The molecule has 2 atom stereocenters. The Balaban J connectivity index is 1.67. The van der Waals surface area contributed by atoms with Crippen molar-refractivity contribution < 1.29 is 9.47 Å². The number of aliphatic imine (C=N–C) groups is 1. The Morgan fingerprint density at radius 2 is 1.69 bits per heavy atom. The molecule has 4 heteroatoms. The summed E-state index contributed by atoms with van der Waals surface area (Å²) in [5.74, 6) is 1.89. The van der Waals surface area contributed by atoms with Gasteiger partial charge in [0.2, 0.25) is 0 Å². The standard InChI is InChI=1S/C25H23NO2S/c1-27-21-14-12-17(15-22(21)28-2)25-19-13-11-16-7-3-4-8-18(16)24(19)26-20-9-5-6-10-23(20)29-25/h3-10,12,14-15,19,25H,11,13H2,1-2H3/t19-,25+/m1/s1. The van der Waals surface area contributed by atoms with E-state index in [1.165, 1.54) is 27.3 Å². The van der Waals surface area contributed by atoms with E-state index in [0.717, 1.165) is 30.0 Å². The van der Waals surface area contributed by atoms with Crippen molar-refractivity contribution in [1.82, 2.24) is 0 Å². The van der Waals surface area contributed by atoms with Gasteiger partial charge in [0.1, 0.15) is 0 Å². The fourth-order valence-corrected chi connectivity index (χ4v) is 5.78. The fourth-order valence-electron chi connectivity index (χ4n) is 4.40. The molecule has 0 spiro atoms. The van der Waals surface area contributed by atoms with E-state index in [1.807, 2.05) is 17.8 Å². The molecule has 0 N–H and O–H groups in total. The molecule has 5 rings (SSSR count). The van der Waals surface area contributed by atoms with Gasteiger partial charge in [-0.3, -0.25) is 4.99 Å². The van der Waals surface area contributed by atoms with Gasteiger partial charge in [0.25, 0.3) is 0 Å². The van der Waals surface area contributed by atoms with Gasteiger partial charge in [-0.1, -0.05) is 42.5 Å². The molecule has 3 aromatic rings. The normalized spacial score (nSPS) is 19.9. The number of fused-ring (bicyclic) bond motifs is 4. The lowest BCUT2D eigenvalue weighted by Gasteiger charge is -2.31. The van der Waals surface area contributed by atoms with Crippen LogP contribution in [0.4, 0.5) is 5.69 Å². The number of hydrogen-bond donors (Lipinski definition) is 0. The summed E-state index contributed by atoms with van der Waals surface area (Å²) < 4.78 is 11.1. The van der Waals surface area contributed by atoms with Gasteiger partial charge in [0, 0.05) is 16.1 Å². The second kappa shape index (κ2) is 7.60. The maximum atomic E-state index is 5.60. The van der Waals surface area contributed by atoms with E-state index >= 15 is 0 Å². The highest BCUT2D eigenvalue weighted by atomic mass is 32.2. The summed E-state index contributed by atoms with van der Waals surface area (Å²) in [4.78, 5) is 6.42. The van der Waals surface area contributed by atoms with Gasteiger partial charge in [-0.15, -0.1) is 11.8 Å². The van der Waals surface area contributed by atoms with Crippen LogP contribution in [0.1, 0.15) is 28.4 Å². The molecule has 0 bridgehead atoms. The van der Waals surface area contributed by atoms with Crippen molar-refractivity contribution in [2.24, 2.45) is 10.9 Å². The molecule has 146 valence electrons. The number of thioether (sulfide) groups is 1. The number of methoxy groups -OCH3 is 2. The minimum Gasteiger partial charge on any atom is -0.493 e. The SMILES string of the molecule is COc1ccc([C@@H]2Sc3ccccc3N=C3c4ccccc4CC[C@H]32)cc1OC. The van der Waals surface area contributed by atoms with E-state index in [9.17, 15) is 0 Å². The van der Waals surface area contributed by atoms with Crippen molar-refractivity contribution in [2.45, 2.75) is 23.0 Å². The summed E-state index contributed by atoms with van der Waals surface area (Å²) in [5.41, 5.74) is 6.23. The number of benzene rings is 3. The summed E-state index contributed by atoms with van der Waals surface area (Å²) in [6, 6.07) is 23.5. The Bertz CT molecular complexity index is 1090. The van der Waals surface area contributed by atoms with Crippen LogP contribution in [-0.4, -0.2) is 19.9 Å². The molecule has 1 aliphatic carbocycles. The first kappa shape index (κ1) is 18.3. The van der Waals surface area contributed by atoms with Crippen molar-refractivity contribution in [3.63, 3.8) is 0 Å². The highest BCUT2D eigenvalue weighted by molar-refractivity contribution is 7.99. The summed E-state index contributed by atoms with van der Waals surface area (Å²) in [7, 11) is 3.37. The Kier molecular flexibility index (Phi) is 4.80. The zero-order valence-corrected chi connectivity index (χ0v) is 17.4. The van der Waals surface area contributed by atoms with Crippen molar-refractivity contribution in [1.29, 1.82) is 0 Å². The summed E-state index contributed by atoms with van der Waals surface area (Å²) in [6.45, 7) is 0. The number of ether oxygens (including phenoxy) is 2. The van der Waals surface area contributed by atoms with E-state index in [4.69, 9.17) is 14.5 Å². The average Bonchev–Trinajstić information content (AvgIpc) is 2.95. The molecule has 29 heavy (non-hydrogen) atoms. The van der Waals surface area contributed by atoms with Crippen LogP contribution >= 0.6 is 11.8 Å². The minimum absolute atomic E-state index is 0.269. The lowest BCUT2D eigenvalue weighted by atomic mass is 9.78. The number of hydrogen-bond acceptors (Lipinski definition) is 4.